The van der Waals surface area contributed by atoms with Crippen LogP contribution in [0.15, 0.2) is 0 Å². The highest BCUT2D eigenvalue weighted by Gasteiger charge is 2.41. The first-order valence-electron chi connectivity index (χ1n) is 6.95. The summed E-state index contributed by atoms with van der Waals surface area (Å²) in [6, 6.07) is 2.27. The van der Waals surface area contributed by atoms with Crippen LogP contribution >= 0.6 is 0 Å². The number of aliphatic hydroxyl groups is 1. The minimum Gasteiger partial charge on any atom is -0.396 e. The highest BCUT2D eigenvalue weighted by atomic mass is 16.3. The van der Waals surface area contributed by atoms with E-state index in [4.69, 9.17) is 5.11 Å². The minimum atomic E-state index is -0.839. The fourth-order valence-corrected chi connectivity index (χ4v) is 2.82. The average Bonchev–Trinajstić information content (AvgIpc) is 2.86. The summed E-state index contributed by atoms with van der Waals surface area (Å²) in [5, 5.41) is 18.6. The Morgan fingerprint density at radius 1 is 1.44 bits per heavy atom. The summed E-state index contributed by atoms with van der Waals surface area (Å²) in [4.78, 5) is 14.3. The van der Waals surface area contributed by atoms with Crippen LogP contribution in [-0.2, 0) is 4.79 Å². The first kappa shape index (κ1) is 15.0. The summed E-state index contributed by atoms with van der Waals surface area (Å²) < 4.78 is 0. The van der Waals surface area contributed by atoms with Gasteiger partial charge in [0.15, 0.2) is 0 Å². The molecule has 1 amide bonds. The molecule has 4 nitrogen and oxygen atoms in total. The summed E-state index contributed by atoms with van der Waals surface area (Å²) in [6.45, 7) is 5.43. The van der Waals surface area contributed by atoms with Gasteiger partial charge in [0.05, 0.1) is 6.07 Å². The second kappa shape index (κ2) is 6.75. The van der Waals surface area contributed by atoms with Crippen LogP contribution in [0.25, 0.3) is 0 Å². The average molecular weight is 252 g/mol. The normalized spacial score (nSPS) is 19.9. The lowest BCUT2D eigenvalue weighted by molar-refractivity contribution is -0.139. The summed E-state index contributed by atoms with van der Waals surface area (Å²) in [7, 11) is 0. The van der Waals surface area contributed by atoms with Crippen molar-refractivity contribution in [1.82, 2.24) is 4.90 Å². The zero-order valence-corrected chi connectivity index (χ0v) is 11.5. The Balaban J connectivity index is 2.80. The molecular weight excluding hydrogens is 228 g/mol. The molecule has 18 heavy (non-hydrogen) atoms. The number of likely N-dealkylation sites (tertiary alicyclic amines) is 1. The predicted molar refractivity (Wildman–Crippen MR) is 69.6 cm³/mol. The molecule has 0 radical (unpaired) electrons. The predicted octanol–water partition coefficient (Wildman–Crippen LogP) is 1.94. The lowest BCUT2D eigenvalue weighted by Gasteiger charge is -2.29. The number of hydrogen-bond acceptors (Lipinski definition) is 3. The number of hydrogen-bond donors (Lipinski definition) is 1. The van der Waals surface area contributed by atoms with Gasteiger partial charge in [0, 0.05) is 25.6 Å². The molecule has 1 N–H and O–H groups in total. The number of carbonyl (C=O) groups excluding carboxylic acids is 1. The third-order valence-electron chi connectivity index (χ3n) is 3.81. The number of amides is 1. The van der Waals surface area contributed by atoms with Gasteiger partial charge >= 0.3 is 0 Å². The van der Waals surface area contributed by atoms with Gasteiger partial charge in [-0.1, -0.05) is 26.7 Å². The van der Waals surface area contributed by atoms with Gasteiger partial charge in [-0.15, -0.1) is 0 Å². The molecule has 0 aromatic rings. The number of aliphatic hydroxyl groups excluding tert-OH is 1. The molecule has 1 aliphatic heterocycles. The third kappa shape index (κ3) is 3.02. The molecule has 1 atom stereocenters. The molecule has 102 valence electrons. The van der Waals surface area contributed by atoms with Gasteiger partial charge in [-0.05, 0) is 19.3 Å². The zero-order chi connectivity index (χ0) is 13.6. The van der Waals surface area contributed by atoms with E-state index in [1.165, 1.54) is 0 Å². The van der Waals surface area contributed by atoms with Crippen molar-refractivity contribution in [1.29, 1.82) is 5.26 Å². The molecule has 1 unspecified atom stereocenters. The highest BCUT2D eigenvalue weighted by molar-refractivity contribution is 5.85. The van der Waals surface area contributed by atoms with Crippen molar-refractivity contribution in [2.24, 2.45) is 11.3 Å². The van der Waals surface area contributed by atoms with E-state index in [0.717, 1.165) is 19.3 Å². The van der Waals surface area contributed by atoms with Crippen LogP contribution in [0.5, 0.6) is 0 Å². The van der Waals surface area contributed by atoms with Crippen LogP contribution < -0.4 is 0 Å². The third-order valence-corrected chi connectivity index (χ3v) is 3.81. The monoisotopic (exact) mass is 252 g/mol. The molecule has 0 aromatic carbocycles. The molecule has 0 saturated carbocycles. The second-order valence-corrected chi connectivity index (χ2v) is 5.28. The molecule has 0 bridgehead atoms. The molecule has 1 fully saturated rings. The van der Waals surface area contributed by atoms with Crippen LogP contribution in [0.2, 0.25) is 0 Å². The molecule has 1 heterocycles. The fourth-order valence-electron chi connectivity index (χ4n) is 2.82. The van der Waals surface area contributed by atoms with Gasteiger partial charge in [-0.2, -0.15) is 5.26 Å². The van der Waals surface area contributed by atoms with Gasteiger partial charge in [-0.25, -0.2) is 0 Å². The molecule has 1 saturated heterocycles. The number of rotatable bonds is 6. The summed E-state index contributed by atoms with van der Waals surface area (Å²) in [5.74, 6) is 0.165. The van der Waals surface area contributed by atoms with Crippen molar-refractivity contribution < 1.29 is 9.90 Å². The molecule has 0 aromatic heterocycles. The van der Waals surface area contributed by atoms with Gasteiger partial charge in [0.1, 0.15) is 5.41 Å². The topological polar surface area (TPSA) is 64.3 Å². The van der Waals surface area contributed by atoms with Gasteiger partial charge < -0.3 is 10.0 Å². The number of nitrogens with zero attached hydrogens (tertiary/aromatic N) is 2. The van der Waals surface area contributed by atoms with E-state index >= 15 is 0 Å². The van der Waals surface area contributed by atoms with Crippen molar-refractivity contribution >= 4 is 5.91 Å². The molecule has 1 aliphatic rings. The van der Waals surface area contributed by atoms with E-state index in [1.807, 2.05) is 13.8 Å². The standard InChI is InChI=1S/C14H24N2O2/c1-3-6-14(11-15,7-4-2)13(18)16-8-5-12(9-16)10-17/h12,17H,3-10H2,1-2H3. The fraction of sp³-hybridized carbons (Fsp3) is 0.857. The molecule has 4 heteroatoms. The van der Waals surface area contributed by atoms with Gasteiger partial charge in [0.25, 0.3) is 0 Å². The van der Waals surface area contributed by atoms with E-state index in [-0.39, 0.29) is 18.4 Å². The lowest BCUT2D eigenvalue weighted by atomic mass is 9.79. The Kier molecular flexibility index (Phi) is 5.61. The number of carbonyl (C=O) groups is 1. The van der Waals surface area contributed by atoms with Crippen LogP contribution in [0, 0.1) is 22.7 Å². The largest absolute Gasteiger partial charge is 0.396 e. The van der Waals surface area contributed by atoms with Crippen LogP contribution in [-0.4, -0.2) is 35.6 Å². The number of nitriles is 1. The molecule has 0 spiro atoms. The Hall–Kier alpha value is -1.08. The van der Waals surface area contributed by atoms with E-state index in [1.54, 1.807) is 4.90 Å². The second-order valence-electron chi connectivity index (χ2n) is 5.28. The minimum absolute atomic E-state index is 0.0235. The Labute approximate surface area is 110 Å². The van der Waals surface area contributed by atoms with Gasteiger partial charge in [-0.3, -0.25) is 4.79 Å². The maximum Gasteiger partial charge on any atom is 0.243 e. The Morgan fingerprint density at radius 3 is 2.44 bits per heavy atom. The van der Waals surface area contributed by atoms with E-state index in [9.17, 15) is 10.1 Å². The van der Waals surface area contributed by atoms with E-state index < -0.39 is 5.41 Å². The molecule has 0 aliphatic carbocycles. The van der Waals surface area contributed by atoms with Crippen LogP contribution in [0.4, 0.5) is 0 Å². The van der Waals surface area contributed by atoms with Crippen molar-refractivity contribution in [2.75, 3.05) is 19.7 Å². The maximum atomic E-state index is 12.6. The maximum absolute atomic E-state index is 12.6. The van der Waals surface area contributed by atoms with Crippen molar-refractivity contribution in [3.8, 4) is 6.07 Å². The lowest BCUT2D eigenvalue weighted by Crippen LogP contribution is -2.42. The summed E-state index contributed by atoms with van der Waals surface area (Å²) in [6.07, 6.45) is 3.81. The molecular formula is C14H24N2O2. The quantitative estimate of drug-likeness (QED) is 0.785. The summed E-state index contributed by atoms with van der Waals surface area (Å²) >= 11 is 0. The molecule has 1 rings (SSSR count). The van der Waals surface area contributed by atoms with E-state index in [2.05, 4.69) is 6.07 Å². The van der Waals surface area contributed by atoms with Crippen LogP contribution in [0.1, 0.15) is 46.0 Å². The summed E-state index contributed by atoms with van der Waals surface area (Å²) in [5.41, 5.74) is -0.839. The van der Waals surface area contributed by atoms with Crippen molar-refractivity contribution in [3.05, 3.63) is 0 Å². The SMILES string of the molecule is CCCC(C#N)(CCC)C(=O)N1CCC(CO)C1. The highest BCUT2D eigenvalue weighted by Crippen LogP contribution is 2.33. The smallest absolute Gasteiger partial charge is 0.243 e. The van der Waals surface area contributed by atoms with Crippen LogP contribution in [0.3, 0.4) is 0 Å². The Bertz CT molecular complexity index is 316. The Morgan fingerprint density at radius 2 is 2.06 bits per heavy atom. The van der Waals surface area contributed by atoms with E-state index in [0.29, 0.717) is 25.9 Å². The first-order chi connectivity index (χ1) is 8.63. The van der Waals surface area contributed by atoms with Crippen molar-refractivity contribution in [2.45, 2.75) is 46.0 Å². The van der Waals surface area contributed by atoms with Gasteiger partial charge in [0.2, 0.25) is 5.91 Å². The zero-order valence-electron chi connectivity index (χ0n) is 11.5. The van der Waals surface area contributed by atoms with Crippen molar-refractivity contribution in [3.63, 3.8) is 0 Å². The first-order valence-corrected chi connectivity index (χ1v) is 6.95.